The Balaban J connectivity index is 2.09. The van der Waals surface area contributed by atoms with Crippen LogP contribution in [0.1, 0.15) is 22.0 Å². The van der Waals surface area contributed by atoms with E-state index in [1.807, 2.05) is 0 Å². The summed E-state index contributed by atoms with van der Waals surface area (Å²) >= 11 is 9.24. The number of aliphatic hydroxyl groups excluding tert-OH is 1. The normalized spacial score (nSPS) is 11.9. The number of hydrogen-bond acceptors (Lipinski definition) is 3. The number of benzene rings is 2. The fourth-order valence-corrected chi connectivity index (χ4v) is 2.64. The Labute approximate surface area is 148 Å². The highest BCUT2D eigenvalue weighted by Crippen LogP contribution is 2.24. The van der Waals surface area contributed by atoms with E-state index in [4.69, 9.17) is 16.3 Å². The molecule has 2 aromatic rings. The molecule has 1 atom stereocenters. The molecule has 0 aromatic heterocycles. The standard InChI is InChI=1S/C17H17BrClNO3/c1-20(17(22)12-6-7-15(19)14(18)9-12)10-16(21)11-4-3-5-13(8-11)23-2/h3-9,16,21H,10H2,1-2H3. The predicted octanol–water partition coefficient (Wildman–Crippen LogP) is 3.92. The third kappa shape index (κ3) is 4.47. The molecular weight excluding hydrogens is 382 g/mol. The Bertz CT molecular complexity index is 708. The first-order valence-corrected chi connectivity index (χ1v) is 8.12. The summed E-state index contributed by atoms with van der Waals surface area (Å²) in [4.78, 5) is 13.9. The molecule has 23 heavy (non-hydrogen) atoms. The molecule has 6 heteroatoms. The molecule has 0 saturated heterocycles. The molecule has 0 aliphatic carbocycles. The zero-order chi connectivity index (χ0) is 17.0. The molecule has 2 aromatic carbocycles. The lowest BCUT2D eigenvalue weighted by molar-refractivity contribution is 0.0680. The highest BCUT2D eigenvalue weighted by atomic mass is 79.9. The van der Waals surface area contributed by atoms with Crippen LogP contribution < -0.4 is 4.74 Å². The Kier molecular flexibility index (Phi) is 6.04. The van der Waals surface area contributed by atoms with Crippen LogP contribution in [0.25, 0.3) is 0 Å². The van der Waals surface area contributed by atoms with Gasteiger partial charge in [-0.25, -0.2) is 0 Å². The summed E-state index contributed by atoms with van der Waals surface area (Å²) in [7, 11) is 3.22. The lowest BCUT2D eigenvalue weighted by Gasteiger charge is -2.21. The van der Waals surface area contributed by atoms with Crippen LogP contribution in [0.4, 0.5) is 0 Å². The Hall–Kier alpha value is -1.56. The molecule has 122 valence electrons. The van der Waals surface area contributed by atoms with E-state index < -0.39 is 6.10 Å². The first kappa shape index (κ1) is 17.8. The van der Waals surface area contributed by atoms with E-state index in [9.17, 15) is 9.90 Å². The molecule has 0 aliphatic rings. The second-order valence-electron chi connectivity index (χ2n) is 5.11. The molecule has 4 nitrogen and oxygen atoms in total. The zero-order valence-electron chi connectivity index (χ0n) is 12.8. The fourth-order valence-electron chi connectivity index (χ4n) is 2.15. The summed E-state index contributed by atoms with van der Waals surface area (Å²) in [6, 6.07) is 12.1. The summed E-state index contributed by atoms with van der Waals surface area (Å²) in [5.41, 5.74) is 1.20. The van der Waals surface area contributed by atoms with Gasteiger partial charge in [0.2, 0.25) is 0 Å². The molecule has 1 N–H and O–H groups in total. The van der Waals surface area contributed by atoms with Crippen molar-refractivity contribution in [2.75, 3.05) is 20.7 Å². The van der Waals surface area contributed by atoms with E-state index in [1.54, 1.807) is 56.6 Å². The second kappa shape index (κ2) is 7.81. The highest BCUT2D eigenvalue weighted by molar-refractivity contribution is 9.10. The van der Waals surface area contributed by atoms with Crippen molar-refractivity contribution in [3.8, 4) is 5.75 Å². The van der Waals surface area contributed by atoms with Gasteiger partial charge in [0.05, 0.1) is 24.8 Å². The highest BCUT2D eigenvalue weighted by Gasteiger charge is 2.17. The lowest BCUT2D eigenvalue weighted by atomic mass is 10.1. The fraction of sp³-hybridized carbons (Fsp3) is 0.235. The molecule has 1 unspecified atom stereocenters. The van der Waals surface area contributed by atoms with Crippen LogP contribution >= 0.6 is 27.5 Å². The molecule has 1 amide bonds. The van der Waals surface area contributed by atoms with E-state index in [1.165, 1.54) is 4.90 Å². The number of rotatable bonds is 5. The van der Waals surface area contributed by atoms with Crippen molar-refractivity contribution in [1.82, 2.24) is 4.90 Å². The minimum Gasteiger partial charge on any atom is -0.497 e. The number of carbonyl (C=O) groups is 1. The maximum absolute atomic E-state index is 12.4. The summed E-state index contributed by atoms with van der Waals surface area (Å²) < 4.78 is 5.80. The van der Waals surface area contributed by atoms with E-state index >= 15 is 0 Å². The largest absolute Gasteiger partial charge is 0.497 e. The van der Waals surface area contributed by atoms with Crippen LogP contribution in [0.3, 0.4) is 0 Å². The number of halogens is 2. The van der Waals surface area contributed by atoms with Crippen LogP contribution in [-0.4, -0.2) is 36.6 Å². The number of ether oxygens (including phenoxy) is 1. The van der Waals surface area contributed by atoms with Crippen molar-refractivity contribution in [2.45, 2.75) is 6.10 Å². The molecule has 0 heterocycles. The number of likely N-dealkylation sites (N-methyl/N-ethyl adjacent to an activating group) is 1. The average Bonchev–Trinajstić information content (AvgIpc) is 2.56. The number of aliphatic hydroxyl groups is 1. The predicted molar refractivity (Wildman–Crippen MR) is 94.1 cm³/mol. The van der Waals surface area contributed by atoms with Gasteiger partial charge in [-0.05, 0) is 51.8 Å². The van der Waals surface area contributed by atoms with Gasteiger partial charge in [0.25, 0.3) is 5.91 Å². The van der Waals surface area contributed by atoms with Crippen molar-refractivity contribution in [3.05, 3.63) is 63.1 Å². The topological polar surface area (TPSA) is 49.8 Å². The van der Waals surface area contributed by atoms with Crippen LogP contribution in [-0.2, 0) is 0 Å². The molecule has 0 bridgehead atoms. The van der Waals surface area contributed by atoms with Crippen molar-refractivity contribution in [1.29, 1.82) is 0 Å². The van der Waals surface area contributed by atoms with Gasteiger partial charge in [-0.1, -0.05) is 23.7 Å². The molecule has 0 aliphatic heterocycles. The summed E-state index contributed by atoms with van der Waals surface area (Å²) in [5, 5.41) is 10.9. The van der Waals surface area contributed by atoms with Crippen LogP contribution in [0.15, 0.2) is 46.9 Å². The quantitative estimate of drug-likeness (QED) is 0.830. The Morgan fingerprint density at radius 1 is 1.35 bits per heavy atom. The minimum atomic E-state index is -0.796. The summed E-state index contributed by atoms with van der Waals surface area (Å²) in [6.07, 6.45) is -0.796. The summed E-state index contributed by atoms with van der Waals surface area (Å²) in [6.45, 7) is 0.173. The van der Waals surface area contributed by atoms with Gasteiger partial charge in [0, 0.05) is 17.1 Å². The third-order valence-electron chi connectivity index (χ3n) is 3.44. The van der Waals surface area contributed by atoms with Gasteiger partial charge in [-0.3, -0.25) is 4.79 Å². The molecule has 2 rings (SSSR count). The van der Waals surface area contributed by atoms with Crippen molar-refractivity contribution in [3.63, 3.8) is 0 Å². The number of amides is 1. The number of carbonyl (C=O) groups excluding carboxylic acids is 1. The second-order valence-corrected chi connectivity index (χ2v) is 6.37. The molecule has 0 fully saturated rings. The Morgan fingerprint density at radius 2 is 2.09 bits per heavy atom. The SMILES string of the molecule is COc1cccc(C(O)CN(C)C(=O)c2ccc(Cl)c(Br)c2)c1. The maximum Gasteiger partial charge on any atom is 0.253 e. The average molecular weight is 399 g/mol. The summed E-state index contributed by atoms with van der Waals surface area (Å²) in [5.74, 6) is 0.474. The zero-order valence-corrected chi connectivity index (χ0v) is 15.1. The number of methoxy groups -OCH3 is 1. The molecule has 0 saturated carbocycles. The number of nitrogens with zero attached hydrogens (tertiary/aromatic N) is 1. The lowest BCUT2D eigenvalue weighted by Crippen LogP contribution is -2.31. The number of hydrogen-bond donors (Lipinski definition) is 1. The first-order chi connectivity index (χ1) is 10.9. The van der Waals surface area contributed by atoms with Gasteiger partial charge < -0.3 is 14.7 Å². The van der Waals surface area contributed by atoms with E-state index in [0.29, 0.717) is 26.4 Å². The van der Waals surface area contributed by atoms with Gasteiger partial charge in [-0.2, -0.15) is 0 Å². The van der Waals surface area contributed by atoms with E-state index in [0.717, 1.165) is 0 Å². The maximum atomic E-state index is 12.4. The van der Waals surface area contributed by atoms with Crippen molar-refractivity contribution < 1.29 is 14.6 Å². The smallest absolute Gasteiger partial charge is 0.253 e. The third-order valence-corrected chi connectivity index (χ3v) is 4.65. The van der Waals surface area contributed by atoms with Gasteiger partial charge in [0.1, 0.15) is 5.75 Å². The van der Waals surface area contributed by atoms with Gasteiger partial charge >= 0.3 is 0 Å². The molecule has 0 radical (unpaired) electrons. The Morgan fingerprint density at radius 3 is 2.74 bits per heavy atom. The van der Waals surface area contributed by atoms with E-state index in [2.05, 4.69) is 15.9 Å². The van der Waals surface area contributed by atoms with E-state index in [-0.39, 0.29) is 12.5 Å². The van der Waals surface area contributed by atoms with Crippen LogP contribution in [0.2, 0.25) is 5.02 Å². The van der Waals surface area contributed by atoms with Gasteiger partial charge in [0.15, 0.2) is 0 Å². The van der Waals surface area contributed by atoms with Crippen LogP contribution in [0.5, 0.6) is 5.75 Å². The molecular formula is C17H17BrClNO3. The van der Waals surface area contributed by atoms with Gasteiger partial charge in [-0.15, -0.1) is 0 Å². The first-order valence-electron chi connectivity index (χ1n) is 6.95. The van der Waals surface area contributed by atoms with Crippen molar-refractivity contribution in [2.24, 2.45) is 0 Å². The van der Waals surface area contributed by atoms with Crippen LogP contribution in [0, 0.1) is 0 Å². The van der Waals surface area contributed by atoms with Crippen molar-refractivity contribution >= 4 is 33.4 Å². The molecule has 0 spiro atoms. The monoisotopic (exact) mass is 397 g/mol. The minimum absolute atomic E-state index is 0.173.